The summed E-state index contributed by atoms with van der Waals surface area (Å²) in [6, 6.07) is 6.12. The van der Waals surface area contributed by atoms with Crippen LogP contribution in [0.4, 0.5) is 18.0 Å². The van der Waals surface area contributed by atoms with E-state index in [4.69, 9.17) is 4.74 Å². The number of nitrogens with zero attached hydrogens (tertiary/aromatic N) is 1. The molecule has 1 aliphatic rings. The zero-order chi connectivity index (χ0) is 20.9. The van der Waals surface area contributed by atoms with Crippen molar-refractivity contribution < 1.29 is 27.4 Å². The Morgan fingerprint density at radius 2 is 1.75 bits per heavy atom. The Balaban J connectivity index is 1.78. The molecule has 1 fully saturated rings. The van der Waals surface area contributed by atoms with Gasteiger partial charge in [-0.2, -0.15) is 0 Å². The molecule has 0 aliphatic carbocycles. The first-order valence-electron chi connectivity index (χ1n) is 9.49. The van der Waals surface area contributed by atoms with E-state index in [1.165, 1.54) is 12.1 Å². The zero-order valence-electron chi connectivity index (χ0n) is 16.8. The third-order valence-corrected chi connectivity index (χ3v) is 4.73. The first-order valence-corrected chi connectivity index (χ1v) is 9.49. The number of likely N-dealkylation sites (tertiary alicyclic amines) is 1. The van der Waals surface area contributed by atoms with Gasteiger partial charge in [0.25, 0.3) is 0 Å². The quantitative estimate of drug-likeness (QED) is 0.762. The van der Waals surface area contributed by atoms with Crippen LogP contribution in [0.2, 0.25) is 0 Å². The summed E-state index contributed by atoms with van der Waals surface area (Å²) >= 11 is 0. The topological polar surface area (TPSA) is 50.8 Å². The third-order valence-electron chi connectivity index (χ3n) is 4.73. The number of alkyl carbamates (subject to hydrolysis) is 1. The molecule has 28 heavy (non-hydrogen) atoms. The van der Waals surface area contributed by atoms with E-state index in [1.54, 1.807) is 12.1 Å². The Morgan fingerprint density at radius 1 is 1.18 bits per heavy atom. The number of ether oxygens (including phenoxy) is 2. The summed E-state index contributed by atoms with van der Waals surface area (Å²) in [5.41, 5.74) is 0.434. The number of rotatable bonds is 5. The molecule has 0 spiro atoms. The van der Waals surface area contributed by atoms with Gasteiger partial charge in [0.2, 0.25) is 0 Å². The first kappa shape index (κ1) is 22.3. The monoisotopic (exact) mass is 402 g/mol. The predicted molar refractivity (Wildman–Crippen MR) is 100 cm³/mol. The van der Waals surface area contributed by atoms with Gasteiger partial charge in [-0.1, -0.05) is 12.1 Å². The maximum absolute atomic E-state index is 12.3. The van der Waals surface area contributed by atoms with Crippen LogP contribution in [0.15, 0.2) is 24.3 Å². The minimum absolute atomic E-state index is 0.0969. The standard InChI is InChI=1S/C20H29F3N2O3/c1-14(16-5-7-17(8-6-16)27-20(21,22)23)25-11-9-15(10-12-25)13-24-18(26)28-19(2,3)4/h5-8,14-15H,9-13H2,1-4H3,(H,24,26). The molecule has 5 nitrogen and oxygen atoms in total. The number of carbonyl (C=O) groups excluding carboxylic acids is 1. The van der Waals surface area contributed by atoms with Gasteiger partial charge in [-0.3, -0.25) is 4.90 Å². The third kappa shape index (κ3) is 7.58. The molecule has 1 heterocycles. The summed E-state index contributed by atoms with van der Waals surface area (Å²) in [7, 11) is 0. The molecule has 1 aliphatic heterocycles. The first-order chi connectivity index (χ1) is 12.9. The molecule has 1 aromatic rings. The number of hydrogen-bond donors (Lipinski definition) is 1. The van der Waals surface area contributed by atoms with E-state index in [1.807, 2.05) is 27.7 Å². The van der Waals surface area contributed by atoms with Crippen molar-refractivity contribution in [1.82, 2.24) is 10.2 Å². The number of halogens is 3. The van der Waals surface area contributed by atoms with Crippen molar-refractivity contribution in [2.75, 3.05) is 19.6 Å². The zero-order valence-corrected chi connectivity index (χ0v) is 16.8. The Kier molecular flexibility index (Phi) is 7.20. The molecule has 2 rings (SSSR count). The summed E-state index contributed by atoms with van der Waals surface area (Å²) in [6.07, 6.45) is -3.20. The molecule has 1 atom stereocenters. The van der Waals surface area contributed by atoms with Crippen LogP contribution in [0.5, 0.6) is 5.75 Å². The van der Waals surface area contributed by atoms with Gasteiger partial charge < -0.3 is 14.8 Å². The molecular formula is C20H29F3N2O3. The van der Waals surface area contributed by atoms with Crippen LogP contribution in [-0.4, -0.2) is 42.6 Å². The van der Waals surface area contributed by atoms with Crippen molar-refractivity contribution in [3.63, 3.8) is 0 Å². The number of piperidine rings is 1. The maximum atomic E-state index is 12.3. The van der Waals surface area contributed by atoms with Gasteiger partial charge in [0.05, 0.1) is 0 Å². The van der Waals surface area contributed by atoms with Crippen molar-refractivity contribution in [2.45, 2.75) is 58.5 Å². The molecule has 0 aromatic heterocycles. The van der Waals surface area contributed by atoms with Crippen molar-refractivity contribution >= 4 is 6.09 Å². The lowest BCUT2D eigenvalue weighted by atomic mass is 9.94. The van der Waals surface area contributed by atoms with Crippen molar-refractivity contribution in [3.8, 4) is 5.75 Å². The van der Waals surface area contributed by atoms with Gasteiger partial charge in [0, 0.05) is 12.6 Å². The molecule has 1 N–H and O–H groups in total. The molecular weight excluding hydrogens is 373 g/mol. The van der Waals surface area contributed by atoms with E-state index in [0.717, 1.165) is 31.5 Å². The fraction of sp³-hybridized carbons (Fsp3) is 0.650. The molecule has 0 bridgehead atoms. The number of carbonyl (C=O) groups is 1. The maximum Gasteiger partial charge on any atom is 0.573 e. The number of alkyl halides is 3. The second-order valence-electron chi connectivity index (χ2n) is 8.15. The van der Waals surface area contributed by atoms with Crippen LogP contribution in [0.3, 0.4) is 0 Å². The van der Waals surface area contributed by atoms with Crippen LogP contribution in [0, 0.1) is 5.92 Å². The Labute approximate surface area is 164 Å². The highest BCUT2D eigenvalue weighted by Gasteiger charge is 2.31. The average Bonchev–Trinajstić information content (AvgIpc) is 2.58. The number of amides is 1. The Morgan fingerprint density at radius 3 is 2.25 bits per heavy atom. The largest absolute Gasteiger partial charge is 0.573 e. The van der Waals surface area contributed by atoms with Crippen LogP contribution in [-0.2, 0) is 4.74 Å². The summed E-state index contributed by atoms with van der Waals surface area (Å²) < 4.78 is 45.9. The van der Waals surface area contributed by atoms with Gasteiger partial charge in [-0.05, 0) is 77.2 Å². The van der Waals surface area contributed by atoms with Gasteiger partial charge >= 0.3 is 12.5 Å². The molecule has 1 aromatic carbocycles. The normalized spacial score (nSPS) is 17.8. The number of hydrogen-bond acceptors (Lipinski definition) is 4. The number of benzene rings is 1. The number of nitrogens with one attached hydrogen (secondary N) is 1. The summed E-state index contributed by atoms with van der Waals surface area (Å²) in [5, 5.41) is 2.82. The van der Waals surface area contributed by atoms with E-state index in [0.29, 0.717) is 12.5 Å². The second kappa shape index (κ2) is 9.03. The molecule has 158 valence electrons. The van der Waals surface area contributed by atoms with E-state index >= 15 is 0 Å². The van der Waals surface area contributed by atoms with E-state index in [2.05, 4.69) is 15.0 Å². The van der Waals surface area contributed by atoms with Gasteiger partial charge in [0.15, 0.2) is 0 Å². The highest BCUT2D eigenvalue weighted by atomic mass is 19.4. The minimum Gasteiger partial charge on any atom is -0.444 e. The molecule has 1 unspecified atom stereocenters. The minimum atomic E-state index is -4.68. The van der Waals surface area contributed by atoms with E-state index in [9.17, 15) is 18.0 Å². The van der Waals surface area contributed by atoms with Gasteiger partial charge in [-0.25, -0.2) is 4.79 Å². The highest BCUT2D eigenvalue weighted by Crippen LogP contribution is 2.29. The molecule has 8 heteroatoms. The summed E-state index contributed by atoms with van der Waals surface area (Å²) in [4.78, 5) is 14.0. The molecule has 0 saturated carbocycles. The lowest BCUT2D eigenvalue weighted by Crippen LogP contribution is -2.41. The fourth-order valence-electron chi connectivity index (χ4n) is 3.25. The van der Waals surface area contributed by atoms with Crippen LogP contribution < -0.4 is 10.1 Å². The molecule has 1 saturated heterocycles. The smallest absolute Gasteiger partial charge is 0.444 e. The molecule has 1 amide bonds. The Hall–Kier alpha value is -1.96. The van der Waals surface area contributed by atoms with Crippen molar-refractivity contribution in [2.24, 2.45) is 5.92 Å². The van der Waals surface area contributed by atoms with Crippen molar-refractivity contribution in [1.29, 1.82) is 0 Å². The van der Waals surface area contributed by atoms with Crippen molar-refractivity contribution in [3.05, 3.63) is 29.8 Å². The lowest BCUT2D eigenvalue weighted by Gasteiger charge is -2.36. The molecule has 0 radical (unpaired) electrons. The van der Waals surface area contributed by atoms with E-state index < -0.39 is 18.1 Å². The average molecular weight is 402 g/mol. The second-order valence-corrected chi connectivity index (χ2v) is 8.15. The Bertz CT molecular complexity index is 634. The van der Waals surface area contributed by atoms with Gasteiger partial charge in [-0.15, -0.1) is 13.2 Å². The highest BCUT2D eigenvalue weighted by molar-refractivity contribution is 5.67. The van der Waals surface area contributed by atoms with E-state index in [-0.39, 0.29) is 11.8 Å². The fourth-order valence-corrected chi connectivity index (χ4v) is 3.25. The lowest BCUT2D eigenvalue weighted by molar-refractivity contribution is -0.274. The summed E-state index contributed by atoms with van der Waals surface area (Å²) in [5.74, 6) is 0.175. The SMILES string of the molecule is CC(c1ccc(OC(F)(F)F)cc1)N1CCC(CNC(=O)OC(C)(C)C)CC1. The van der Waals surface area contributed by atoms with Gasteiger partial charge in [0.1, 0.15) is 11.4 Å². The predicted octanol–water partition coefficient (Wildman–Crippen LogP) is 4.88. The van der Waals surface area contributed by atoms with Crippen LogP contribution in [0.1, 0.15) is 52.1 Å². The van der Waals surface area contributed by atoms with Crippen LogP contribution in [0.25, 0.3) is 0 Å². The van der Waals surface area contributed by atoms with Crippen LogP contribution >= 0.6 is 0 Å². The summed E-state index contributed by atoms with van der Waals surface area (Å²) in [6.45, 7) is 9.83.